The Morgan fingerprint density at radius 2 is 2.04 bits per heavy atom. The minimum Gasteiger partial charge on any atom is -0.363 e. The third kappa shape index (κ3) is 6.66. The summed E-state index contributed by atoms with van der Waals surface area (Å²) in [7, 11) is 1.80. The minimum absolute atomic E-state index is 0. The van der Waals surface area contributed by atoms with E-state index in [0.29, 0.717) is 12.6 Å². The molecule has 1 fully saturated rings. The number of hydrogen-bond acceptors (Lipinski definition) is 4. The molecule has 6 nitrogen and oxygen atoms in total. The summed E-state index contributed by atoms with van der Waals surface area (Å²) in [5.74, 6) is 0.751. The molecule has 0 radical (unpaired) electrons. The number of halogens is 1. The molecule has 0 atom stereocenters. The SMILES string of the molecule is CN=C(NCc1cccc(NC(C)=O)c1)NC1CCN(c2cccs2)CC1.I. The van der Waals surface area contributed by atoms with Gasteiger partial charge in [-0.1, -0.05) is 12.1 Å². The zero-order valence-electron chi connectivity index (χ0n) is 16.3. The van der Waals surface area contributed by atoms with Crippen LogP contribution in [0.1, 0.15) is 25.3 Å². The maximum absolute atomic E-state index is 11.2. The number of aliphatic imine (C=N–C) groups is 1. The number of amides is 1. The number of hydrogen-bond donors (Lipinski definition) is 3. The van der Waals surface area contributed by atoms with Crippen LogP contribution in [0.2, 0.25) is 0 Å². The van der Waals surface area contributed by atoms with Crippen LogP contribution in [0.3, 0.4) is 0 Å². The molecular weight excluding hydrogens is 485 g/mol. The Hall–Kier alpha value is -1.81. The molecule has 2 heterocycles. The number of thiophene rings is 1. The number of rotatable bonds is 5. The largest absolute Gasteiger partial charge is 0.363 e. The van der Waals surface area contributed by atoms with Crippen molar-refractivity contribution >= 4 is 57.9 Å². The van der Waals surface area contributed by atoms with Gasteiger partial charge in [-0.15, -0.1) is 35.3 Å². The van der Waals surface area contributed by atoms with Crippen molar-refractivity contribution in [3.8, 4) is 0 Å². The van der Waals surface area contributed by atoms with Gasteiger partial charge >= 0.3 is 0 Å². The van der Waals surface area contributed by atoms with Gasteiger partial charge in [0.2, 0.25) is 5.91 Å². The molecule has 1 aromatic heterocycles. The van der Waals surface area contributed by atoms with Gasteiger partial charge in [0.05, 0.1) is 5.00 Å². The zero-order chi connectivity index (χ0) is 19.1. The number of anilines is 2. The molecule has 28 heavy (non-hydrogen) atoms. The fourth-order valence-electron chi connectivity index (χ4n) is 3.23. The fourth-order valence-corrected chi connectivity index (χ4v) is 4.02. The van der Waals surface area contributed by atoms with E-state index in [1.165, 1.54) is 11.9 Å². The van der Waals surface area contributed by atoms with E-state index in [-0.39, 0.29) is 29.9 Å². The number of nitrogens with zero attached hydrogens (tertiary/aromatic N) is 2. The Morgan fingerprint density at radius 1 is 1.25 bits per heavy atom. The summed E-state index contributed by atoms with van der Waals surface area (Å²) in [5.41, 5.74) is 1.91. The molecule has 1 aliphatic rings. The van der Waals surface area contributed by atoms with Crippen LogP contribution in [-0.2, 0) is 11.3 Å². The first-order valence-corrected chi connectivity index (χ1v) is 10.1. The molecule has 0 bridgehead atoms. The molecule has 8 heteroatoms. The van der Waals surface area contributed by atoms with Gasteiger partial charge in [-0.25, -0.2) is 0 Å². The van der Waals surface area contributed by atoms with E-state index < -0.39 is 0 Å². The summed E-state index contributed by atoms with van der Waals surface area (Å²) in [5, 5.41) is 13.2. The van der Waals surface area contributed by atoms with Gasteiger partial charge in [0.15, 0.2) is 5.96 Å². The van der Waals surface area contributed by atoms with Crippen LogP contribution in [0, 0.1) is 0 Å². The molecule has 0 spiro atoms. The van der Waals surface area contributed by atoms with Crippen molar-refractivity contribution in [3.63, 3.8) is 0 Å². The molecule has 3 N–H and O–H groups in total. The van der Waals surface area contributed by atoms with Crippen molar-refractivity contribution in [2.24, 2.45) is 4.99 Å². The molecular formula is C20H28IN5OS. The van der Waals surface area contributed by atoms with Gasteiger partial charge in [-0.3, -0.25) is 9.79 Å². The molecule has 0 unspecified atom stereocenters. The van der Waals surface area contributed by atoms with Crippen molar-refractivity contribution in [2.75, 3.05) is 30.4 Å². The number of piperidine rings is 1. The molecule has 0 aliphatic carbocycles. The number of benzene rings is 1. The van der Waals surface area contributed by atoms with E-state index in [1.807, 2.05) is 24.3 Å². The van der Waals surface area contributed by atoms with Crippen LogP contribution in [0.5, 0.6) is 0 Å². The molecule has 1 aromatic carbocycles. The average molecular weight is 513 g/mol. The summed E-state index contributed by atoms with van der Waals surface area (Å²) >= 11 is 1.80. The highest BCUT2D eigenvalue weighted by Crippen LogP contribution is 2.24. The van der Waals surface area contributed by atoms with E-state index >= 15 is 0 Å². The third-order valence-electron chi connectivity index (χ3n) is 4.58. The van der Waals surface area contributed by atoms with Crippen molar-refractivity contribution in [1.82, 2.24) is 10.6 Å². The minimum atomic E-state index is -0.0634. The predicted octanol–water partition coefficient (Wildman–Crippen LogP) is 3.66. The lowest BCUT2D eigenvalue weighted by Gasteiger charge is -2.33. The Labute approximate surface area is 187 Å². The maximum atomic E-state index is 11.2. The Bertz CT molecular complexity index is 773. The highest BCUT2D eigenvalue weighted by molar-refractivity contribution is 14.0. The average Bonchev–Trinajstić information content (AvgIpc) is 3.20. The smallest absolute Gasteiger partial charge is 0.221 e. The number of nitrogens with one attached hydrogen (secondary N) is 3. The van der Waals surface area contributed by atoms with Crippen molar-refractivity contribution < 1.29 is 4.79 Å². The lowest BCUT2D eigenvalue weighted by atomic mass is 10.1. The van der Waals surface area contributed by atoms with Crippen molar-refractivity contribution in [1.29, 1.82) is 0 Å². The van der Waals surface area contributed by atoms with Crippen molar-refractivity contribution in [3.05, 3.63) is 47.3 Å². The van der Waals surface area contributed by atoms with Crippen LogP contribution >= 0.6 is 35.3 Å². The molecule has 1 amide bonds. The highest BCUT2D eigenvalue weighted by Gasteiger charge is 2.20. The van der Waals surface area contributed by atoms with E-state index in [0.717, 1.165) is 43.1 Å². The summed E-state index contributed by atoms with van der Waals surface area (Å²) in [6.45, 7) is 4.30. The van der Waals surface area contributed by atoms with E-state index in [1.54, 1.807) is 18.4 Å². The van der Waals surface area contributed by atoms with Crippen LogP contribution in [0.15, 0.2) is 46.8 Å². The molecule has 1 aliphatic heterocycles. The fraction of sp³-hybridized carbons (Fsp3) is 0.400. The number of guanidine groups is 1. The van der Waals surface area contributed by atoms with Gasteiger partial charge in [-0.05, 0) is 48.1 Å². The van der Waals surface area contributed by atoms with Gasteiger partial charge in [0, 0.05) is 45.3 Å². The highest BCUT2D eigenvalue weighted by atomic mass is 127. The maximum Gasteiger partial charge on any atom is 0.221 e. The van der Waals surface area contributed by atoms with Crippen molar-refractivity contribution in [2.45, 2.75) is 32.4 Å². The third-order valence-corrected chi connectivity index (χ3v) is 5.51. The molecule has 2 aromatic rings. The lowest BCUT2D eigenvalue weighted by Crippen LogP contribution is -2.48. The van der Waals surface area contributed by atoms with E-state index in [2.05, 4.69) is 43.4 Å². The van der Waals surface area contributed by atoms with E-state index in [9.17, 15) is 4.79 Å². The van der Waals surface area contributed by atoms with E-state index in [4.69, 9.17) is 0 Å². The topological polar surface area (TPSA) is 68.8 Å². The quantitative estimate of drug-likeness (QED) is 0.325. The summed E-state index contributed by atoms with van der Waals surface area (Å²) < 4.78 is 0. The molecule has 0 saturated carbocycles. The number of carbonyl (C=O) groups is 1. The van der Waals surface area contributed by atoms with Gasteiger partial charge in [-0.2, -0.15) is 0 Å². The first-order valence-electron chi connectivity index (χ1n) is 9.26. The zero-order valence-corrected chi connectivity index (χ0v) is 19.4. The first kappa shape index (κ1) is 22.5. The summed E-state index contributed by atoms with van der Waals surface area (Å²) in [4.78, 5) is 18.0. The molecule has 3 rings (SSSR count). The van der Waals surface area contributed by atoms with Crippen LogP contribution in [0.4, 0.5) is 10.7 Å². The van der Waals surface area contributed by atoms with Crippen LogP contribution in [0.25, 0.3) is 0 Å². The predicted molar refractivity (Wildman–Crippen MR) is 129 cm³/mol. The Morgan fingerprint density at radius 3 is 2.68 bits per heavy atom. The normalized spacial score (nSPS) is 14.9. The van der Waals surface area contributed by atoms with Crippen LogP contribution in [-0.4, -0.2) is 38.0 Å². The summed E-state index contributed by atoms with van der Waals surface area (Å²) in [6, 6.07) is 12.6. The monoisotopic (exact) mass is 513 g/mol. The summed E-state index contributed by atoms with van der Waals surface area (Å²) in [6.07, 6.45) is 2.19. The first-order chi connectivity index (χ1) is 13.1. The standard InChI is InChI=1S/C20H27N5OS.HI/c1-15(26)23-18-6-3-5-16(13-18)14-22-20(21-2)24-17-8-10-25(11-9-17)19-7-4-12-27-19;/h3-7,12-13,17H,8-11,14H2,1-2H3,(H,23,26)(H2,21,22,24);1H. The lowest BCUT2D eigenvalue weighted by molar-refractivity contribution is -0.114. The van der Waals surface area contributed by atoms with Gasteiger partial charge in [0.25, 0.3) is 0 Å². The number of carbonyl (C=O) groups excluding carboxylic acids is 1. The Kier molecular flexibility index (Phi) is 9.04. The van der Waals surface area contributed by atoms with Gasteiger partial charge < -0.3 is 20.9 Å². The second-order valence-electron chi connectivity index (χ2n) is 6.66. The second-order valence-corrected chi connectivity index (χ2v) is 7.59. The Balaban J connectivity index is 0.00000280. The molecule has 1 saturated heterocycles. The molecule has 152 valence electrons. The van der Waals surface area contributed by atoms with Crippen LogP contribution < -0.4 is 20.9 Å². The second kappa shape index (κ2) is 11.3. The van der Waals surface area contributed by atoms with Gasteiger partial charge in [0.1, 0.15) is 0 Å².